The van der Waals surface area contributed by atoms with Crippen molar-refractivity contribution in [3.8, 4) is 11.8 Å². The van der Waals surface area contributed by atoms with Gasteiger partial charge in [0.25, 0.3) is 5.91 Å². The molecule has 0 radical (unpaired) electrons. The number of para-hydroxylation sites is 1. The predicted octanol–water partition coefficient (Wildman–Crippen LogP) is 1.13. The number of carbonyl (C=O) groups excluding carboxylic acids is 1. The van der Waals surface area contributed by atoms with Crippen molar-refractivity contribution >= 4 is 5.91 Å². The molecule has 1 aromatic rings. The maximum absolute atomic E-state index is 12.9. The van der Waals surface area contributed by atoms with Crippen molar-refractivity contribution in [1.82, 2.24) is 9.80 Å². The average Bonchev–Trinajstić information content (AvgIpc) is 2.60. The summed E-state index contributed by atoms with van der Waals surface area (Å²) in [5, 5.41) is 8.67. The maximum Gasteiger partial charge on any atom is 0.257 e. The van der Waals surface area contributed by atoms with E-state index in [1.54, 1.807) is 18.2 Å². The Balaban J connectivity index is 1.75. The second-order valence-corrected chi connectivity index (χ2v) is 5.94. The molecule has 2 fully saturated rings. The number of likely N-dealkylation sites (N-methyl/N-ethyl adjacent to an activating group) is 1. The van der Waals surface area contributed by atoms with Crippen LogP contribution in [0.4, 0.5) is 0 Å². The Bertz CT molecular complexity index is 613. The molecule has 6 heteroatoms. The summed E-state index contributed by atoms with van der Waals surface area (Å²) in [6.07, 6.45) is 1.06. The van der Waals surface area contributed by atoms with E-state index in [1.165, 1.54) is 0 Å². The Hall–Kier alpha value is -2.10. The van der Waals surface area contributed by atoms with Crippen molar-refractivity contribution in [2.45, 2.75) is 18.6 Å². The lowest BCUT2D eigenvalue weighted by molar-refractivity contribution is -0.0893. The largest absolute Gasteiger partial charge is 0.478 e. The van der Waals surface area contributed by atoms with Gasteiger partial charge in [0, 0.05) is 19.6 Å². The van der Waals surface area contributed by atoms with Gasteiger partial charge in [0.15, 0.2) is 6.61 Å². The Morgan fingerprint density at radius 3 is 3.09 bits per heavy atom. The zero-order valence-corrected chi connectivity index (χ0v) is 13.3. The van der Waals surface area contributed by atoms with Gasteiger partial charge in [0.05, 0.1) is 24.3 Å². The minimum absolute atomic E-state index is 0.0454. The van der Waals surface area contributed by atoms with E-state index < -0.39 is 0 Å². The van der Waals surface area contributed by atoms with Crippen molar-refractivity contribution in [1.29, 1.82) is 5.26 Å². The van der Waals surface area contributed by atoms with Gasteiger partial charge in [0.2, 0.25) is 0 Å². The van der Waals surface area contributed by atoms with E-state index in [0.29, 0.717) is 24.4 Å². The molecular weight excluding hydrogens is 294 g/mol. The Labute approximate surface area is 136 Å². The lowest BCUT2D eigenvalue weighted by atomic mass is 9.98. The highest BCUT2D eigenvalue weighted by Crippen LogP contribution is 2.25. The van der Waals surface area contributed by atoms with Gasteiger partial charge in [-0.05, 0) is 25.6 Å². The number of ether oxygens (including phenoxy) is 2. The first-order valence-electron chi connectivity index (χ1n) is 7.90. The van der Waals surface area contributed by atoms with E-state index >= 15 is 0 Å². The number of morpholine rings is 1. The summed E-state index contributed by atoms with van der Waals surface area (Å²) < 4.78 is 11.2. The summed E-state index contributed by atoms with van der Waals surface area (Å²) in [6, 6.07) is 9.28. The van der Waals surface area contributed by atoms with Crippen LogP contribution in [0.2, 0.25) is 0 Å². The third-order valence-corrected chi connectivity index (χ3v) is 4.56. The summed E-state index contributed by atoms with van der Waals surface area (Å²) in [5.74, 6) is 0.422. The van der Waals surface area contributed by atoms with Crippen LogP contribution >= 0.6 is 0 Å². The van der Waals surface area contributed by atoms with Gasteiger partial charge < -0.3 is 14.4 Å². The zero-order chi connectivity index (χ0) is 16.2. The molecule has 0 N–H and O–H groups in total. The van der Waals surface area contributed by atoms with Crippen LogP contribution < -0.4 is 4.74 Å². The summed E-state index contributed by atoms with van der Waals surface area (Å²) in [6.45, 7) is 2.93. The van der Waals surface area contributed by atoms with E-state index in [4.69, 9.17) is 14.7 Å². The molecule has 23 heavy (non-hydrogen) atoms. The smallest absolute Gasteiger partial charge is 0.257 e. The fourth-order valence-corrected chi connectivity index (χ4v) is 3.28. The van der Waals surface area contributed by atoms with Crippen LogP contribution in [0.15, 0.2) is 24.3 Å². The van der Waals surface area contributed by atoms with E-state index in [9.17, 15) is 4.79 Å². The molecule has 0 unspecified atom stereocenters. The van der Waals surface area contributed by atoms with Crippen molar-refractivity contribution in [2.75, 3.05) is 39.9 Å². The fraction of sp³-hybridized carbons (Fsp3) is 0.529. The molecule has 6 nitrogen and oxygen atoms in total. The first-order chi connectivity index (χ1) is 11.2. The van der Waals surface area contributed by atoms with Gasteiger partial charge in [-0.2, -0.15) is 5.26 Å². The first-order valence-corrected chi connectivity index (χ1v) is 7.90. The Morgan fingerprint density at radius 2 is 2.26 bits per heavy atom. The second kappa shape index (κ2) is 6.99. The number of carbonyl (C=O) groups is 1. The number of fused-ring (bicyclic) bond motifs is 1. The molecule has 122 valence electrons. The minimum Gasteiger partial charge on any atom is -0.478 e. The summed E-state index contributed by atoms with van der Waals surface area (Å²) in [7, 11) is 2.08. The lowest BCUT2D eigenvalue weighted by Crippen LogP contribution is -2.59. The van der Waals surface area contributed by atoms with E-state index in [1.807, 2.05) is 17.0 Å². The highest BCUT2D eigenvalue weighted by molar-refractivity contribution is 5.97. The molecule has 0 bridgehead atoms. The molecule has 3 rings (SSSR count). The van der Waals surface area contributed by atoms with Crippen LogP contribution in [0.5, 0.6) is 5.75 Å². The molecule has 0 aliphatic carbocycles. The highest BCUT2D eigenvalue weighted by atomic mass is 16.5. The van der Waals surface area contributed by atoms with Crippen LogP contribution in [-0.2, 0) is 4.74 Å². The number of likely N-dealkylation sites (tertiary alicyclic amines) is 1. The number of hydrogen-bond donors (Lipinski definition) is 0. The molecule has 2 saturated heterocycles. The molecule has 1 aromatic carbocycles. The SMILES string of the molecule is CN1CCO[C@@H]2CCN(C(=O)c3ccccc3OCC#N)C[C@H]21. The molecule has 0 spiro atoms. The number of benzene rings is 1. The molecule has 2 aliphatic heterocycles. The van der Waals surface area contributed by atoms with Gasteiger partial charge in [-0.25, -0.2) is 0 Å². The Kier molecular flexibility index (Phi) is 4.79. The van der Waals surface area contributed by atoms with Gasteiger partial charge >= 0.3 is 0 Å². The topological polar surface area (TPSA) is 65.8 Å². The number of nitrogens with zero attached hydrogens (tertiary/aromatic N) is 3. The molecule has 0 aromatic heterocycles. The second-order valence-electron chi connectivity index (χ2n) is 5.94. The quantitative estimate of drug-likeness (QED) is 0.837. The van der Waals surface area contributed by atoms with Gasteiger partial charge in [-0.15, -0.1) is 0 Å². The van der Waals surface area contributed by atoms with Crippen molar-refractivity contribution < 1.29 is 14.3 Å². The highest BCUT2D eigenvalue weighted by Gasteiger charge is 2.37. The molecule has 2 heterocycles. The van der Waals surface area contributed by atoms with Crippen LogP contribution in [0.25, 0.3) is 0 Å². The normalized spacial score (nSPS) is 24.6. The molecule has 2 aliphatic rings. The molecule has 0 saturated carbocycles. The maximum atomic E-state index is 12.9. The van der Waals surface area contributed by atoms with Gasteiger partial charge in [-0.1, -0.05) is 12.1 Å². The predicted molar refractivity (Wildman–Crippen MR) is 84.2 cm³/mol. The van der Waals surface area contributed by atoms with Gasteiger partial charge in [0.1, 0.15) is 11.8 Å². The zero-order valence-electron chi connectivity index (χ0n) is 13.3. The van der Waals surface area contributed by atoms with Crippen molar-refractivity contribution in [3.63, 3.8) is 0 Å². The standard InChI is InChI=1S/C17H21N3O3/c1-19-9-11-23-16-6-8-20(12-14(16)19)17(21)13-4-2-3-5-15(13)22-10-7-18/h2-5,14,16H,6,8-12H2,1H3/t14-,16-/m1/s1. The number of nitriles is 1. The van der Waals surface area contributed by atoms with Crippen molar-refractivity contribution in [3.05, 3.63) is 29.8 Å². The number of piperidine rings is 1. The summed E-state index contributed by atoms with van der Waals surface area (Å²) >= 11 is 0. The fourth-order valence-electron chi connectivity index (χ4n) is 3.28. The van der Waals surface area contributed by atoms with Crippen LogP contribution in [0, 0.1) is 11.3 Å². The molecule has 2 atom stereocenters. The van der Waals surface area contributed by atoms with E-state index in [-0.39, 0.29) is 24.7 Å². The molecule has 1 amide bonds. The van der Waals surface area contributed by atoms with Crippen LogP contribution in [0.1, 0.15) is 16.8 Å². The first kappa shape index (κ1) is 15.8. The minimum atomic E-state index is -0.0639. The third kappa shape index (κ3) is 3.31. The van der Waals surface area contributed by atoms with Crippen LogP contribution in [0.3, 0.4) is 0 Å². The summed E-state index contributed by atoms with van der Waals surface area (Å²) in [5.41, 5.74) is 0.514. The molecular formula is C17H21N3O3. The summed E-state index contributed by atoms with van der Waals surface area (Å²) in [4.78, 5) is 17.0. The monoisotopic (exact) mass is 315 g/mol. The van der Waals surface area contributed by atoms with E-state index in [0.717, 1.165) is 19.6 Å². The number of amides is 1. The van der Waals surface area contributed by atoms with Crippen LogP contribution in [-0.4, -0.2) is 67.7 Å². The van der Waals surface area contributed by atoms with Crippen molar-refractivity contribution in [2.24, 2.45) is 0 Å². The number of rotatable bonds is 3. The lowest BCUT2D eigenvalue weighted by Gasteiger charge is -2.45. The third-order valence-electron chi connectivity index (χ3n) is 4.56. The Morgan fingerprint density at radius 1 is 1.43 bits per heavy atom. The average molecular weight is 315 g/mol. The van der Waals surface area contributed by atoms with Gasteiger partial charge in [-0.3, -0.25) is 9.69 Å². The number of hydrogen-bond acceptors (Lipinski definition) is 5. The van der Waals surface area contributed by atoms with E-state index in [2.05, 4.69) is 11.9 Å².